The Hall–Kier alpha value is -3.54. The third-order valence-corrected chi connectivity index (χ3v) is 6.11. The van der Waals surface area contributed by atoms with Crippen molar-refractivity contribution in [1.29, 1.82) is 0 Å². The first-order chi connectivity index (χ1) is 14.7. The molecule has 0 bridgehead atoms. The quantitative estimate of drug-likeness (QED) is 0.670. The highest BCUT2D eigenvalue weighted by molar-refractivity contribution is 6.50. The number of fused-ring (bicyclic) bond motifs is 1. The molecular weight excluding hydrogens is 380 g/mol. The van der Waals surface area contributed by atoms with E-state index in [1.807, 2.05) is 24.4 Å². The number of ether oxygens (including phenoxy) is 2. The van der Waals surface area contributed by atoms with Crippen molar-refractivity contribution in [3.05, 3.63) is 59.3 Å². The molecule has 3 aromatic rings. The lowest BCUT2D eigenvalue weighted by molar-refractivity contribution is -0.122. The molecule has 1 aromatic heterocycles. The molecule has 0 fully saturated rings. The van der Waals surface area contributed by atoms with Crippen LogP contribution in [0.3, 0.4) is 0 Å². The Kier molecular flexibility index (Phi) is 3.75. The normalized spacial score (nSPS) is 18.0. The molecule has 0 unspecified atom stereocenters. The van der Waals surface area contributed by atoms with Crippen molar-refractivity contribution in [3.8, 4) is 11.5 Å². The molecule has 0 spiro atoms. The van der Waals surface area contributed by atoms with Gasteiger partial charge in [-0.2, -0.15) is 0 Å². The lowest BCUT2D eigenvalue weighted by atomic mass is 9.94. The number of hydrogen-bond donors (Lipinski definition) is 1. The fourth-order valence-electron chi connectivity index (χ4n) is 4.80. The van der Waals surface area contributed by atoms with E-state index in [1.54, 1.807) is 12.1 Å². The topological polar surface area (TPSA) is 69.6 Å². The first-order valence-corrected chi connectivity index (χ1v) is 10.3. The summed E-state index contributed by atoms with van der Waals surface area (Å²) in [6.45, 7) is 1.88. The number of carbonyl (C=O) groups excluding carboxylic acids is 2. The monoisotopic (exact) mass is 400 g/mol. The highest BCUT2D eigenvalue weighted by atomic mass is 16.6. The molecule has 2 amide bonds. The van der Waals surface area contributed by atoms with Crippen molar-refractivity contribution in [2.75, 3.05) is 13.2 Å². The molecule has 0 radical (unpaired) electrons. The number of benzene rings is 2. The molecule has 1 N–H and O–H groups in total. The van der Waals surface area contributed by atoms with Gasteiger partial charge in [-0.3, -0.25) is 14.9 Å². The Morgan fingerprint density at radius 3 is 2.63 bits per heavy atom. The minimum atomic E-state index is -0.379. The van der Waals surface area contributed by atoms with Gasteiger partial charge in [-0.05, 0) is 42.5 Å². The zero-order valence-corrected chi connectivity index (χ0v) is 16.4. The van der Waals surface area contributed by atoms with Gasteiger partial charge in [-0.25, -0.2) is 0 Å². The zero-order chi connectivity index (χ0) is 20.2. The van der Waals surface area contributed by atoms with Crippen molar-refractivity contribution < 1.29 is 19.1 Å². The predicted molar refractivity (Wildman–Crippen MR) is 112 cm³/mol. The predicted octanol–water partition coefficient (Wildman–Crippen LogP) is 3.32. The van der Waals surface area contributed by atoms with Crippen LogP contribution in [0.2, 0.25) is 0 Å². The van der Waals surface area contributed by atoms with Crippen LogP contribution >= 0.6 is 0 Å². The van der Waals surface area contributed by atoms with Gasteiger partial charge in [0.1, 0.15) is 13.2 Å². The number of rotatable bonds is 2. The molecule has 6 nitrogen and oxygen atoms in total. The molecule has 0 atom stereocenters. The number of para-hydroxylation sites is 1. The molecule has 0 saturated carbocycles. The van der Waals surface area contributed by atoms with Crippen LogP contribution in [-0.4, -0.2) is 29.6 Å². The van der Waals surface area contributed by atoms with E-state index in [2.05, 4.69) is 16.0 Å². The average molecular weight is 400 g/mol. The zero-order valence-electron chi connectivity index (χ0n) is 16.4. The van der Waals surface area contributed by atoms with Gasteiger partial charge in [-0.15, -0.1) is 0 Å². The number of hydrogen-bond acceptors (Lipinski definition) is 4. The molecule has 0 saturated heterocycles. The van der Waals surface area contributed by atoms with Crippen LogP contribution in [0, 0.1) is 0 Å². The lowest BCUT2D eigenvalue weighted by Gasteiger charge is -2.19. The van der Waals surface area contributed by atoms with Gasteiger partial charge in [0.05, 0.1) is 16.7 Å². The van der Waals surface area contributed by atoms with E-state index in [1.165, 1.54) is 11.1 Å². The number of nitrogens with zero attached hydrogens (tertiary/aromatic N) is 1. The summed E-state index contributed by atoms with van der Waals surface area (Å²) in [5.41, 5.74) is 4.74. The molecule has 2 aromatic carbocycles. The molecule has 3 aliphatic rings. The number of aromatic nitrogens is 1. The van der Waals surface area contributed by atoms with Crippen LogP contribution < -0.4 is 14.8 Å². The summed E-state index contributed by atoms with van der Waals surface area (Å²) in [6, 6.07) is 11.6. The van der Waals surface area contributed by atoms with Crippen LogP contribution in [0.1, 0.15) is 29.5 Å². The molecule has 0 aliphatic carbocycles. The second-order valence-corrected chi connectivity index (χ2v) is 7.90. The Labute approximate surface area is 173 Å². The molecular formula is C24H20N2O4. The highest BCUT2D eigenvalue weighted by Gasteiger charge is 2.34. The number of amides is 2. The summed E-state index contributed by atoms with van der Waals surface area (Å²) < 4.78 is 13.5. The maximum Gasteiger partial charge on any atom is 0.259 e. The summed E-state index contributed by atoms with van der Waals surface area (Å²) in [5, 5.41) is 3.51. The fourth-order valence-corrected chi connectivity index (χ4v) is 4.80. The second kappa shape index (κ2) is 6.49. The van der Waals surface area contributed by atoms with E-state index in [-0.39, 0.29) is 11.8 Å². The van der Waals surface area contributed by atoms with Crippen molar-refractivity contribution in [1.82, 2.24) is 9.88 Å². The van der Waals surface area contributed by atoms with E-state index in [0.717, 1.165) is 36.8 Å². The molecule has 150 valence electrons. The summed E-state index contributed by atoms with van der Waals surface area (Å²) in [6.07, 6.45) is 5.31. The number of carbonyl (C=O) groups is 2. The van der Waals surface area contributed by atoms with Gasteiger partial charge >= 0.3 is 0 Å². The molecule has 6 heteroatoms. The maximum atomic E-state index is 12.9. The van der Waals surface area contributed by atoms with Gasteiger partial charge < -0.3 is 14.0 Å². The highest BCUT2D eigenvalue weighted by Crippen LogP contribution is 2.40. The minimum Gasteiger partial charge on any atom is -0.486 e. The molecule has 30 heavy (non-hydrogen) atoms. The third kappa shape index (κ3) is 2.49. The number of aryl methyl sites for hydroxylation is 2. The fraction of sp³-hybridized carbons (Fsp3) is 0.250. The maximum absolute atomic E-state index is 12.9. The minimum absolute atomic E-state index is 0.355. The van der Waals surface area contributed by atoms with Gasteiger partial charge in [-0.1, -0.05) is 24.3 Å². The smallest absolute Gasteiger partial charge is 0.259 e. The van der Waals surface area contributed by atoms with Crippen LogP contribution in [-0.2, 0) is 22.6 Å². The second-order valence-electron chi connectivity index (χ2n) is 7.90. The summed E-state index contributed by atoms with van der Waals surface area (Å²) in [4.78, 5) is 25.7. The van der Waals surface area contributed by atoms with Gasteiger partial charge in [0.15, 0.2) is 11.5 Å². The number of imide groups is 1. The first-order valence-electron chi connectivity index (χ1n) is 10.3. The van der Waals surface area contributed by atoms with Gasteiger partial charge in [0.2, 0.25) is 0 Å². The first kappa shape index (κ1) is 17.3. The van der Waals surface area contributed by atoms with Crippen LogP contribution in [0.15, 0.2) is 42.6 Å². The average Bonchev–Trinajstić information content (AvgIpc) is 3.18. The summed E-state index contributed by atoms with van der Waals surface area (Å²) in [5.74, 6) is 0.513. The van der Waals surface area contributed by atoms with Crippen LogP contribution in [0.25, 0.3) is 22.0 Å². The van der Waals surface area contributed by atoms with Gasteiger partial charge in [0, 0.05) is 23.7 Å². The Balaban J connectivity index is 1.60. The largest absolute Gasteiger partial charge is 0.486 e. The van der Waals surface area contributed by atoms with Crippen LogP contribution in [0.4, 0.5) is 0 Å². The Morgan fingerprint density at radius 2 is 1.73 bits per heavy atom. The van der Waals surface area contributed by atoms with Gasteiger partial charge in [0.25, 0.3) is 11.8 Å². The van der Waals surface area contributed by atoms with Crippen LogP contribution in [0.5, 0.6) is 11.5 Å². The van der Waals surface area contributed by atoms with E-state index >= 15 is 0 Å². The standard InChI is InChI=1S/C24H20N2O4/c27-23-20(15-7-8-18-19(12-15)30-11-10-29-18)21(24(28)25-23)17-13-26-9-2-1-4-14-5-3-6-16(17)22(14)26/h3,5-8,12-13H,1-2,4,9-11H2,(H,25,27,28). The third-order valence-electron chi connectivity index (χ3n) is 6.11. The van der Waals surface area contributed by atoms with E-state index in [0.29, 0.717) is 41.4 Å². The lowest BCUT2D eigenvalue weighted by Crippen LogP contribution is -2.22. The summed E-state index contributed by atoms with van der Waals surface area (Å²) in [7, 11) is 0. The molecule has 6 rings (SSSR count). The SMILES string of the molecule is O=C1NC(=O)C(c2cn3c4c(cccc24)CCCC3)=C1c1ccc2c(c1)OCCO2. The molecule has 4 heterocycles. The van der Waals surface area contributed by atoms with E-state index in [9.17, 15) is 9.59 Å². The molecule has 3 aliphatic heterocycles. The van der Waals surface area contributed by atoms with Crippen molar-refractivity contribution >= 4 is 33.9 Å². The number of nitrogens with one attached hydrogen (secondary N) is 1. The Bertz CT molecular complexity index is 1270. The van der Waals surface area contributed by atoms with E-state index < -0.39 is 0 Å². The van der Waals surface area contributed by atoms with Crippen molar-refractivity contribution in [3.63, 3.8) is 0 Å². The van der Waals surface area contributed by atoms with Crippen molar-refractivity contribution in [2.45, 2.75) is 25.8 Å². The summed E-state index contributed by atoms with van der Waals surface area (Å²) >= 11 is 0. The Morgan fingerprint density at radius 1 is 0.900 bits per heavy atom. The van der Waals surface area contributed by atoms with Crippen molar-refractivity contribution in [2.24, 2.45) is 0 Å². The van der Waals surface area contributed by atoms with E-state index in [4.69, 9.17) is 9.47 Å².